The number of anilines is 1. The van der Waals surface area contributed by atoms with Gasteiger partial charge >= 0.3 is 23.7 Å². The standard InChI is InChI=1S/C60H78F6N10O8/c1-32(67-9)48(77)73-46(56(3,4)5)52(81)75-30-37-27-38(26-25-36(37)28-44(75)50(79)71-42-23-15-19-34-17-11-13-21-40(34)42)69-54(83)58(61,62)60(65,66)59(63,64)55(84)70-39-29-45(51(80)72-43-24-16-20-35-18-12-14-22-41(35)43)76(31-39)53(82)47(57(6,7)8)74-49(78)33(2)68-10/h11-14,17-18,21-22,25-27,32-33,39,42-47,67-68H,15-16,19-20,23-24,28-31H2,1-10H3,(H,69,83)(H,70,84)(H,71,79)(H,72,80)(H,73,77)(H,74,78)/t32-,33-,39-,42+,43+,44-,45-,46+,47+/m0/s1. The van der Waals surface area contributed by atoms with Crippen LogP contribution in [0.5, 0.6) is 0 Å². The summed E-state index contributed by atoms with van der Waals surface area (Å²) in [5.74, 6) is -29.2. The number of alkyl halides is 6. The van der Waals surface area contributed by atoms with Crippen LogP contribution in [0.4, 0.5) is 32.0 Å². The highest BCUT2D eigenvalue weighted by Gasteiger charge is 2.78. The number of hydrogen-bond acceptors (Lipinski definition) is 10. The third kappa shape index (κ3) is 13.5. The van der Waals surface area contributed by atoms with Crippen LogP contribution in [-0.2, 0) is 64.2 Å². The lowest BCUT2D eigenvalue weighted by atomic mass is 9.83. The van der Waals surface area contributed by atoms with Crippen LogP contribution in [0.1, 0.15) is 133 Å². The first-order chi connectivity index (χ1) is 39.2. The number of benzene rings is 3. The molecule has 7 rings (SSSR count). The fourth-order valence-corrected chi connectivity index (χ4v) is 11.3. The Bertz CT molecular complexity index is 3000. The van der Waals surface area contributed by atoms with E-state index >= 15 is 26.3 Å². The van der Waals surface area contributed by atoms with Gasteiger partial charge in [-0.15, -0.1) is 0 Å². The molecule has 3 aromatic rings. The zero-order chi connectivity index (χ0) is 62.0. The highest BCUT2D eigenvalue weighted by atomic mass is 19.3. The molecule has 1 fully saturated rings. The molecule has 3 aromatic carbocycles. The summed E-state index contributed by atoms with van der Waals surface area (Å²) in [5.41, 5.74) is 1.65. The summed E-state index contributed by atoms with van der Waals surface area (Å²) >= 11 is 0. The van der Waals surface area contributed by atoms with Crippen molar-refractivity contribution in [2.24, 2.45) is 10.8 Å². The van der Waals surface area contributed by atoms with Gasteiger partial charge in [-0.1, -0.05) is 96.1 Å². The van der Waals surface area contributed by atoms with Gasteiger partial charge in [-0.25, -0.2) is 0 Å². The fourth-order valence-electron chi connectivity index (χ4n) is 11.3. The largest absolute Gasteiger partial charge is 0.393 e. The molecule has 2 heterocycles. The number of nitrogens with zero attached hydrogens (tertiary/aromatic N) is 2. The molecular weight excluding hydrogens is 1100 g/mol. The van der Waals surface area contributed by atoms with E-state index < -0.39 is 155 Å². The van der Waals surface area contributed by atoms with E-state index in [0.717, 1.165) is 58.5 Å². The molecule has 458 valence electrons. The van der Waals surface area contributed by atoms with Gasteiger partial charge in [0.25, 0.3) is 5.91 Å². The van der Waals surface area contributed by atoms with Crippen LogP contribution in [0.25, 0.3) is 0 Å². The van der Waals surface area contributed by atoms with Crippen LogP contribution in [-0.4, -0.2) is 138 Å². The Morgan fingerprint density at radius 3 is 1.51 bits per heavy atom. The van der Waals surface area contributed by atoms with Crippen LogP contribution >= 0.6 is 0 Å². The van der Waals surface area contributed by atoms with Crippen molar-refractivity contribution in [1.82, 2.24) is 47.0 Å². The van der Waals surface area contributed by atoms with E-state index in [-0.39, 0.29) is 12.0 Å². The molecule has 0 radical (unpaired) electrons. The van der Waals surface area contributed by atoms with Gasteiger partial charge in [0.05, 0.1) is 24.2 Å². The minimum absolute atomic E-state index is 0.152. The summed E-state index contributed by atoms with van der Waals surface area (Å²) in [7, 11) is 3.05. The Hall–Kier alpha value is -7.08. The molecule has 0 bridgehead atoms. The topological polar surface area (TPSA) is 239 Å². The summed E-state index contributed by atoms with van der Waals surface area (Å²) in [4.78, 5) is 113. The Balaban J connectivity index is 1.11. The Kier molecular flexibility index (Phi) is 19.4. The van der Waals surface area contributed by atoms with E-state index in [4.69, 9.17) is 0 Å². The highest BCUT2D eigenvalue weighted by molar-refractivity contribution is 5.99. The predicted octanol–water partition coefficient (Wildman–Crippen LogP) is 5.54. The maximum Gasteiger partial charge on any atom is 0.393 e. The number of likely N-dealkylation sites (N-methyl/N-ethyl adjacent to an activating group) is 2. The number of likely N-dealkylation sites (tertiary alicyclic amines) is 1. The zero-order valence-corrected chi connectivity index (χ0v) is 49.0. The van der Waals surface area contributed by atoms with Crippen molar-refractivity contribution in [3.05, 3.63) is 100 Å². The van der Waals surface area contributed by atoms with Crippen molar-refractivity contribution in [2.75, 3.05) is 26.0 Å². The summed E-state index contributed by atoms with van der Waals surface area (Å²) in [6.45, 7) is 11.8. The number of nitrogens with one attached hydrogen (secondary N) is 8. The van der Waals surface area contributed by atoms with Gasteiger partial charge in [0, 0.05) is 31.2 Å². The van der Waals surface area contributed by atoms with Crippen LogP contribution in [0.2, 0.25) is 0 Å². The van der Waals surface area contributed by atoms with Crippen LogP contribution < -0.4 is 42.5 Å². The summed E-state index contributed by atoms with van der Waals surface area (Å²) < 4.78 is 95.6. The van der Waals surface area contributed by atoms with Crippen molar-refractivity contribution in [1.29, 1.82) is 0 Å². The number of amides is 8. The van der Waals surface area contributed by atoms with Gasteiger partial charge in [0.2, 0.25) is 35.4 Å². The summed E-state index contributed by atoms with van der Waals surface area (Å²) in [6, 6.07) is 8.75. The SMILES string of the molecule is CN[C@@H](C)C(=O)N[C@H](C(=O)N1Cc2cc(NC(=O)C(F)(F)C(F)(F)C(F)(F)C(=O)N[C@H]3C[C@@H](C(=O)N[C@@H]4CCCc5ccccc54)N(C(=O)[C@@H](NC(=O)[C@H](C)NC)C(C)(C)C)C3)ccc2C[C@H]1C(=O)N[C@@H]1CCCc2ccccc21)C(C)(C)C. The van der Waals surface area contributed by atoms with Gasteiger partial charge in [-0.05, 0) is 129 Å². The molecule has 18 nitrogen and oxygen atoms in total. The van der Waals surface area contributed by atoms with E-state index in [1.807, 2.05) is 42.5 Å². The second-order valence-electron chi connectivity index (χ2n) is 24.7. The molecule has 9 atom stereocenters. The third-order valence-corrected chi connectivity index (χ3v) is 16.6. The zero-order valence-electron chi connectivity index (χ0n) is 49.0. The van der Waals surface area contributed by atoms with Crippen LogP contribution in [0.15, 0.2) is 66.7 Å². The minimum atomic E-state index is -6.72. The number of halogens is 6. The van der Waals surface area contributed by atoms with E-state index in [9.17, 15) is 38.4 Å². The second kappa shape index (κ2) is 25.2. The first-order valence-electron chi connectivity index (χ1n) is 28.4. The van der Waals surface area contributed by atoms with E-state index in [2.05, 4.69) is 31.9 Å². The van der Waals surface area contributed by atoms with Crippen molar-refractivity contribution < 1.29 is 64.7 Å². The van der Waals surface area contributed by atoms with E-state index in [0.29, 0.717) is 24.8 Å². The van der Waals surface area contributed by atoms with Crippen molar-refractivity contribution in [2.45, 2.75) is 185 Å². The highest BCUT2D eigenvalue weighted by Crippen LogP contribution is 2.47. The average Bonchev–Trinajstić information content (AvgIpc) is 1.20. The first-order valence-corrected chi connectivity index (χ1v) is 28.4. The number of rotatable bonds is 18. The molecule has 2 aliphatic carbocycles. The number of fused-ring (bicyclic) bond motifs is 3. The lowest BCUT2D eigenvalue weighted by molar-refractivity contribution is -0.285. The van der Waals surface area contributed by atoms with Gasteiger partial charge < -0.3 is 52.3 Å². The molecule has 8 amide bonds. The van der Waals surface area contributed by atoms with E-state index in [1.165, 1.54) is 24.9 Å². The Morgan fingerprint density at radius 1 is 0.560 bits per heavy atom. The summed E-state index contributed by atoms with van der Waals surface area (Å²) in [6.07, 6.45) is 3.23. The molecule has 1 saturated heterocycles. The monoisotopic (exact) mass is 1180 g/mol. The van der Waals surface area contributed by atoms with Gasteiger partial charge in [-0.3, -0.25) is 38.4 Å². The minimum Gasteiger partial charge on any atom is -0.347 e. The maximum absolute atomic E-state index is 16.0. The molecule has 0 saturated carbocycles. The average molecular weight is 1180 g/mol. The normalized spacial score (nSPS) is 21.5. The van der Waals surface area contributed by atoms with Crippen molar-refractivity contribution >= 4 is 52.9 Å². The van der Waals surface area contributed by atoms with Gasteiger partial charge in [0.15, 0.2) is 0 Å². The molecule has 0 unspecified atom stereocenters. The third-order valence-electron chi connectivity index (χ3n) is 16.6. The lowest BCUT2D eigenvalue weighted by Gasteiger charge is -2.42. The number of aryl methyl sites for hydroxylation is 2. The smallest absolute Gasteiger partial charge is 0.347 e. The quantitative estimate of drug-likeness (QED) is 0.0741. The Morgan fingerprint density at radius 2 is 1.02 bits per heavy atom. The molecule has 4 aliphatic rings. The fraction of sp³-hybridized carbons (Fsp3) is 0.567. The second-order valence-corrected chi connectivity index (χ2v) is 24.7. The number of carbonyl (C=O) groups excluding carboxylic acids is 8. The van der Waals surface area contributed by atoms with Gasteiger partial charge in [0.1, 0.15) is 24.2 Å². The number of hydrogen-bond donors (Lipinski definition) is 8. The van der Waals surface area contributed by atoms with Crippen molar-refractivity contribution in [3.8, 4) is 0 Å². The van der Waals surface area contributed by atoms with E-state index in [1.54, 1.807) is 72.2 Å². The lowest BCUT2D eigenvalue weighted by Crippen LogP contribution is -2.65. The molecule has 0 aromatic heterocycles. The summed E-state index contributed by atoms with van der Waals surface area (Å²) in [5, 5.41) is 20.2. The maximum atomic E-state index is 16.0. The molecular formula is C60H78F6N10O8. The van der Waals surface area contributed by atoms with Crippen LogP contribution in [0.3, 0.4) is 0 Å². The van der Waals surface area contributed by atoms with Crippen LogP contribution in [0, 0.1) is 10.8 Å². The molecule has 2 aliphatic heterocycles. The Labute approximate surface area is 485 Å². The molecule has 0 spiro atoms. The molecule has 24 heteroatoms. The van der Waals surface area contributed by atoms with Crippen molar-refractivity contribution in [3.63, 3.8) is 0 Å². The molecule has 8 N–H and O–H groups in total. The van der Waals surface area contributed by atoms with Gasteiger partial charge in [-0.2, -0.15) is 26.3 Å². The molecule has 84 heavy (non-hydrogen) atoms. The predicted molar refractivity (Wildman–Crippen MR) is 300 cm³/mol. The first kappa shape index (κ1) is 64.5. The number of carbonyl (C=O) groups is 8.